The van der Waals surface area contributed by atoms with Gasteiger partial charge in [0, 0.05) is 17.8 Å². The molecule has 2 rings (SSSR count). The second-order valence-corrected chi connectivity index (χ2v) is 11.6. The molecule has 0 aromatic heterocycles. The number of hydrogen-bond donors (Lipinski definition) is 2. The molecule has 40 heavy (non-hydrogen) atoms. The standard InChI is InChI=1S/C33H45N3O4/c1-10-12-20-36(31(38)27(21-22(3)4)34-32(39)40-33(7,8)9)29(26-19-14-13-18-25(26)11-2)30(37)35-28-23(5)16-15-17-24(28)6/h2,13-19,22,27,29H,10,12,20-21H2,1,3-9H3,(H,34,39)(H,35,37). The van der Waals surface area contributed by atoms with Crippen molar-refractivity contribution in [2.24, 2.45) is 5.92 Å². The van der Waals surface area contributed by atoms with Gasteiger partial charge in [0.1, 0.15) is 17.7 Å². The van der Waals surface area contributed by atoms with Gasteiger partial charge in [-0.15, -0.1) is 6.42 Å². The molecule has 3 amide bonds. The Hall–Kier alpha value is -3.79. The van der Waals surface area contributed by atoms with E-state index >= 15 is 0 Å². The van der Waals surface area contributed by atoms with Crippen molar-refractivity contribution in [2.75, 3.05) is 11.9 Å². The number of carbonyl (C=O) groups is 3. The molecule has 0 fully saturated rings. The predicted molar refractivity (Wildman–Crippen MR) is 161 cm³/mol. The highest BCUT2D eigenvalue weighted by Crippen LogP contribution is 2.29. The van der Waals surface area contributed by atoms with Crippen LogP contribution in [0.1, 0.15) is 89.1 Å². The van der Waals surface area contributed by atoms with Gasteiger partial charge in [0.2, 0.25) is 5.91 Å². The number of aryl methyl sites for hydroxylation is 2. The third-order valence-electron chi connectivity index (χ3n) is 6.43. The van der Waals surface area contributed by atoms with E-state index in [2.05, 4.69) is 16.6 Å². The molecule has 7 heteroatoms. The summed E-state index contributed by atoms with van der Waals surface area (Å²) in [5, 5.41) is 5.86. The topological polar surface area (TPSA) is 87.7 Å². The predicted octanol–water partition coefficient (Wildman–Crippen LogP) is 6.53. The van der Waals surface area contributed by atoms with Gasteiger partial charge < -0.3 is 20.3 Å². The van der Waals surface area contributed by atoms with Crippen molar-refractivity contribution in [1.29, 1.82) is 0 Å². The molecule has 0 aliphatic heterocycles. The maximum absolute atomic E-state index is 14.3. The number of amides is 3. The summed E-state index contributed by atoms with van der Waals surface area (Å²) in [7, 11) is 0. The normalized spacial score (nSPS) is 12.7. The molecule has 2 aromatic rings. The van der Waals surface area contributed by atoms with Crippen molar-refractivity contribution in [3.05, 3.63) is 64.7 Å². The molecule has 2 aromatic carbocycles. The minimum Gasteiger partial charge on any atom is -0.444 e. The Bertz CT molecular complexity index is 1200. The summed E-state index contributed by atoms with van der Waals surface area (Å²) in [6.07, 6.45) is 7.03. The lowest BCUT2D eigenvalue weighted by Gasteiger charge is -2.35. The van der Waals surface area contributed by atoms with E-state index in [1.165, 1.54) is 0 Å². The number of ether oxygens (including phenoxy) is 1. The zero-order valence-corrected chi connectivity index (χ0v) is 25.3. The van der Waals surface area contributed by atoms with Crippen LogP contribution in [0, 0.1) is 32.1 Å². The highest BCUT2D eigenvalue weighted by atomic mass is 16.6. The van der Waals surface area contributed by atoms with Crippen LogP contribution in [0.15, 0.2) is 42.5 Å². The number of unbranched alkanes of at least 4 members (excludes halogenated alkanes) is 1. The number of para-hydroxylation sites is 1. The summed E-state index contributed by atoms with van der Waals surface area (Å²) in [5.41, 5.74) is 2.87. The number of terminal acetylenes is 1. The van der Waals surface area contributed by atoms with Gasteiger partial charge in [0.05, 0.1) is 0 Å². The third kappa shape index (κ3) is 9.15. The number of hydrogen-bond acceptors (Lipinski definition) is 4. The van der Waals surface area contributed by atoms with Gasteiger partial charge in [-0.3, -0.25) is 9.59 Å². The van der Waals surface area contributed by atoms with E-state index in [4.69, 9.17) is 11.2 Å². The Morgan fingerprint density at radius 3 is 2.20 bits per heavy atom. The molecule has 0 heterocycles. The summed E-state index contributed by atoms with van der Waals surface area (Å²) >= 11 is 0. The lowest BCUT2D eigenvalue weighted by Crippen LogP contribution is -2.53. The SMILES string of the molecule is C#Cc1ccccc1C(C(=O)Nc1c(C)cccc1C)N(CCCC)C(=O)C(CC(C)C)NC(=O)OC(C)(C)C. The number of carbonyl (C=O) groups excluding carboxylic acids is 3. The Balaban J connectivity index is 2.63. The number of nitrogens with one attached hydrogen (secondary N) is 2. The van der Waals surface area contributed by atoms with Gasteiger partial charge in [-0.2, -0.15) is 0 Å². The van der Waals surface area contributed by atoms with Crippen LogP contribution in [-0.4, -0.2) is 41.0 Å². The third-order valence-corrected chi connectivity index (χ3v) is 6.43. The van der Waals surface area contributed by atoms with Gasteiger partial charge in [0.15, 0.2) is 0 Å². The Kier molecular flexibility index (Phi) is 11.8. The summed E-state index contributed by atoms with van der Waals surface area (Å²) in [5.74, 6) is 2.04. The van der Waals surface area contributed by atoms with E-state index in [0.29, 0.717) is 36.2 Å². The van der Waals surface area contributed by atoms with E-state index < -0.39 is 23.8 Å². The van der Waals surface area contributed by atoms with Crippen molar-refractivity contribution in [2.45, 2.75) is 92.3 Å². The Morgan fingerprint density at radius 1 is 1.02 bits per heavy atom. The van der Waals surface area contributed by atoms with Gasteiger partial charge in [-0.05, 0) is 76.1 Å². The fourth-order valence-corrected chi connectivity index (χ4v) is 4.56. The molecule has 0 saturated carbocycles. The molecule has 7 nitrogen and oxygen atoms in total. The van der Waals surface area contributed by atoms with Crippen LogP contribution >= 0.6 is 0 Å². The summed E-state index contributed by atoms with van der Waals surface area (Å²) in [6.45, 7) is 15.4. The van der Waals surface area contributed by atoms with E-state index in [0.717, 1.165) is 17.5 Å². The molecule has 2 unspecified atom stereocenters. The lowest BCUT2D eigenvalue weighted by molar-refractivity contribution is -0.141. The highest BCUT2D eigenvalue weighted by molar-refractivity contribution is 6.00. The van der Waals surface area contributed by atoms with Crippen molar-refractivity contribution < 1.29 is 19.1 Å². The first-order chi connectivity index (χ1) is 18.8. The molecular formula is C33H45N3O4. The minimum atomic E-state index is -1.01. The van der Waals surface area contributed by atoms with Crippen LogP contribution < -0.4 is 10.6 Å². The van der Waals surface area contributed by atoms with Crippen LogP contribution in [0.5, 0.6) is 0 Å². The molecule has 0 radical (unpaired) electrons. The first-order valence-corrected chi connectivity index (χ1v) is 14.0. The second kappa shape index (κ2) is 14.6. The number of benzene rings is 2. The van der Waals surface area contributed by atoms with E-state index in [9.17, 15) is 14.4 Å². The highest BCUT2D eigenvalue weighted by Gasteiger charge is 2.37. The number of anilines is 1. The lowest BCUT2D eigenvalue weighted by atomic mass is 9.95. The van der Waals surface area contributed by atoms with Gasteiger partial charge in [-0.1, -0.05) is 69.5 Å². The van der Waals surface area contributed by atoms with Crippen molar-refractivity contribution in [3.8, 4) is 12.3 Å². The van der Waals surface area contributed by atoms with E-state index in [1.54, 1.807) is 37.8 Å². The second-order valence-electron chi connectivity index (χ2n) is 11.6. The van der Waals surface area contributed by atoms with Crippen LogP contribution in [0.4, 0.5) is 10.5 Å². The Morgan fingerprint density at radius 2 is 1.65 bits per heavy atom. The largest absolute Gasteiger partial charge is 0.444 e. The quantitative estimate of drug-likeness (QED) is 0.313. The van der Waals surface area contributed by atoms with Gasteiger partial charge >= 0.3 is 6.09 Å². The molecule has 2 atom stereocenters. The first-order valence-electron chi connectivity index (χ1n) is 14.0. The minimum absolute atomic E-state index is 0.0943. The smallest absolute Gasteiger partial charge is 0.408 e. The summed E-state index contributed by atoms with van der Waals surface area (Å²) < 4.78 is 5.47. The number of alkyl carbamates (subject to hydrolysis) is 1. The molecule has 0 bridgehead atoms. The monoisotopic (exact) mass is 547 g/mol. The van der Waals surface area contributed by atoms with E-state index in [1.807, 2.05) is 65.0 Å². The van der Waals surface area contributed by atoms with Crippen molar-refractivity contribution in [1.82, 2.24) is 10.2 Å². The molecule has 0 aliphatic carbocycles. The van der Waals surface area contributed by atoms with Crippen molar-refractivity contribution in [3.63, 3.8) is 0 Å². The number of rotatable bonds is 11. The molecule has 0 saturated heterocycles. The van der Waals surface area contributed by atoms with E-state index in [-0.39, 0.29) is 17.7 Å². The maximum Gasteiger partial charge on any atom is 0.408 e. The zero-order valence-electron chi connectivity index (χ0n) is 25.3. The van der Waals surface area contributed by atoms with Crippen LogP contribution in [0.3, 0.4) is 0 Å². The average Bonchev–Trinajstić information content (AvgIpc) is 2.86. The maximum atomic E-state index is 14.3. The van der Waals surface area contributed by atoms with Crippen molar-refractivity contribution >= 4 is 23.6 Å². The zero-order chi connectivity index (χ0) is 30.0. The first kappa shape index (κ1) is 32.4. The van der Waals surface area contributed by atoms with Crippen LogP contribution in [0.25, 0.3) is 0 Å². The van der Waals surface area contributed by atoms with Crippen LogP contribution in [-0.2, 0) is 14.3 Å². The fourth-order valence-electron chi connectivity index (χ4n) is 4.56. The molecular weight excluding hydrogens is 502 g/mol. The Labute approximate surface area is 240 Å². The molecule has 0 aliphatic rings. The fraction of sp³-hybridized carbons (Fsp3) is 0.485. The summed E-state index contributed by atoms with van der Waals surface area (Å²) in [4.78, 5) is 42.8. The summed E-state index contributed by atoms with van der Waals surface area (Å²) in [6, 6.07) is 11.1. The average molecular weight is 548 g/mol. The molecule has 0 spiro atoms. The molecule has 216 valence electrons. The van der Waals surface area contributed by atoms with Gasteiger partial charge in [0.25, 0.3) is 5.91 Å². The van der Waals surface area contributed by atoms with Crippen LogP contribution in [0.2, 0.25) is 0 Å². The molecule has 2 N–H and O–H groups in total. The number of nitrogens with zero attached hydrogens (tertiary/aromatic N) is 1. The van der Waals surface area contributed by atoms with Gasteiger partial charge in [-0.25, -0.2) is 4.79 Å².